The van der Waals surface area contributed by atoms with Crippen LogP contribution in [0.3, 0.4) is 0 Å². The number of nitrogens with zero attached hydrogens (tertiary/aromatic N) is 2. The zero-order valence-electron chi connectivity index (χ0n) is 12.9. The fourth-order valence-corrected chi connectivity index (χ4v) is 4.06. The van der Waals surface area contributed by atoms with Gasteiger partial charge in [0.25, 0.3) is 0 Å². The highest BCUT2D eigenvalue weighted by molar-refractivity contribution is 5.03. The molecule has 0 amide bonds. The predicted molar refractivity (Wildman–Crippen MR) is 82.9 cm³/mol. The first-order valence-electron chi connectivity index (χ1n) is 8.56. The molecule has 0 spiro atoms. The van der Waals surface area contributed by atoms with Crippen molar-refractivity contribution in [1.29, 1.82) is 0 Å². The lowest BCUT2D eigenvalue weighted by molar-refractivity contribution is 0.396. The van der Waals surface area contributed by atoms with Gasteiger partial charge < -0.3 is 5.32 Å². The fourth-order valence-electron chi connectivity index (χ4n) is 4.06. The van der Waals surface area contributed by atoms with Crippen LogP contribution < -0.4 is 5.32 Å². The van der Waals surface area contributed by atoms with Gasteiger partial charge in [-0.25, -0.2) is 0 Å². The SMILES string of the molecule is CNC(Cc1ccn(C2CCCC2)n1)CC1CCCC1. The third kappa shape index (κ3) is 3.43. The molecule has 1 aromatic heterocycles. The van der Waals surface area contributed by atoms with Crippen molar-refractivity contribution < 1.29 is 0 Å². The summed E-state index contributed by atoms with van der Waals surface area (Å²) in [6, 6.07) is 3.51. The van der Waals surface area contributed by atoms with Crippen LogP contribution in [0, 0.1) is 5.92 Å². The first-order valence-corrected chi connectivity index (χ1v) is 8.56. The number of hydrogen-bond acceptors (Lipinski definition) is 2. The topological polar surface area (TPSA) is 29.9 Å². The van der Waals surface area contributed by atoms with E-state index in [9.17, 15) is 0 Å². The second-order valence-electron chi connectivity index (χ2n) is 6.80. The monoisotopic (exact) mass is 275 g/mol. The molecule has 1 aromatic rings. The van der Waals surface area contributed by atoms with Gasteiger partial charge in [0.15, 0.2) is 0 Å². The number of aromatic nitrogens is 2. The Bertz CT molecular complexity index is 400. The van der Waals surface area contributed by atoms with Crippen molar-refractivity contribution in [3.63, 3.8) is 0 Å². The molecule has 0 aromatic carbocycles. The summed E-state index contributed by atoms with van der Waals surface area (Å²) in [5.74, 6) is 0.948. The van der Waals surface area contributed by atoms with Crippen molar-refractivity contribution in [3.05, 3.63) is 18.0 Å². The molecule has 2 aliphatic carbocycles. The van der Waals surface area contributed by atoms with E-state index in [4.69, 9.17) is 5.10 Å². The molecule has 2 fully saturated rings. The molecular weight excluding hydrogens is 246 g/mol. The van der Waals surface area contributed by atoms with Crippen molar-refractivity contribution in [3.8, 4) is 0 Å². The average molecular weight is 275 g/mol. The Hall–Kier alpha value is -0.830. The maximum atomic E-state index is 4.83. The first kappa shape index (κ1) is 14.1. The highest BCUT2D eigenvalue weighted by Crippen LogP contribution is 2.30. The number of hydrogen-bond donors (Lipinski definition) is 1. The summed E-state index contributed by atoms with van der Waals surface area (Å²) in [7, 11) is 2.10. The zero-order valence-corrected chi connectivity index (χ0v) is 12.9. The van der Waals surface area contributed by atoms with Crippen LogP contribution in [0.4, 0.5) is 0 Å². The molecule has 0 aliphatic heterocycles. The van der Waals surface area contributed by atoms with Crippen LogP contribution in [0.25, 0.3) is 0 Å². The molecule has 1 unspecified atom stereocenters. The number of likely N-dealkylation sites (N-methyl/N-ethyl adjacent to an activating group) is 1. The molecule has 2 aliphatic rings. The standard InChI is InChI=1S/C17H29N3/c1-18-16(12-14-6-2-3-7-14)13-15-10-11-20(19-15)17-8-4-5-9-17/h10-11,14,16-18H,2-9,12-13H2,1H3. The van der Waals surface area contributed by atoms with E-state index in [-0.39, 0.29) is 0 Å². The first-order chi connectivity index (χ1) is 9.85. The Labute approximate surface area is 123 Å². The minimum Gasteiger partial charge on any atom is -0.317 e. The van der Waals surface area contributed by atoms with Crippen molar-refractivity contribution >= 4 is 0 Å². The normalized spacial score (nSPS) is 22.6. The smallest absolute Gasteiger partial charge is 0.0640 e. The molecule has 1 atom stereocenters. The molecule has 3 rings (SSSR count). The summed E-state index contributed by atoms with van der Waals surface area (Å²) in [5.41, 5.74) is 1.27. The van der Waals surface area contributed by atoms with Crippen LogP contribution >= 0.6 is 0 Å². The molecule has 0 bridgehead atoms. The number of rotatable bonds is 6. The van der Waals surface area contributed by atoms with Gasteiger partial charge in [-0.3, -0.25) is 4.68 Å². The van der Waals surface area contributed by atoms with E-state index in [0.717, 1.165) is 12.3 Å². The summed E-state index contributed by atoms with van der Waals surface area (Å²) in [5, 5.41) is 8.34. The van der Waals surface area contributed by atoms with E-state index < -0.39 is 0 Å². The van der Waals surface area contributed by atoms with Crippen molar-refractivity contribution in [1.82, 2.24) is 15.1 Å². The second-order valence-corrected chi connectivity index (χ2v) is 6.80. The molecule has 2 saturated carbocycles. The van der Waals surface area contributed by atoms with Crippen molar-refractivity contribution in [2.75, 3.05) is 7.05 Å². The average Bonchev–Trinajstić information content (AvgIpc) is 3.20. The quantitative estimate of drug-likeness (QED) is 0.857. The Morgan fingerprint density at radius 1 is 1.20 bits per heavy atom. The van der Waals surface area contributed by atoms with Gasteiger partial charge in [-0.1, -0.05) is 38.5 Å². The van der Waals surface area contributed by atoms with Gasteiger partial charge >= 0.3 is 0 Å². The summed E-state index contributed by atoms with van der Waals surface area (Å²) in [6.07, 6.45) is 15.8. The van der Waals surface area contributed by atoms with E-state index in [1.165, 1.54) is 63.5 Å². The zero-order chi connectivity index (χ0) is 13.8. The highest BCUT2D eigenvalue weighted by atomic mass is 15.3. The predicted octanol–water partition coefficient (Wildman–Crippen LogP) is 3.71. The molecule has 0 saturated heterocycles. The van der Waals surface area contributed by atoms with Gasteiger partial charge in [-0.15, -0.1) is 0 Å². The van der Waals surface area contributed by atoms with Crippen molar-refractivity contribution in [2.24, 2.45) is 5.92 Å². The fraction of sp³-hybridized carbons (Fsp3) is 0.824. The molecule has 0 radical (unpaired) electrons. The van der Waals surface area contributed by atoms with E-state index >= 15 is 0 Å². The van der Waals surface area contributed by atoms with Crippen LogP contribution in [0.5, 0.6) is 0 Å². The highest BCUT2D eigenvalue weighted by Gasteiger charge is 2.21. The molecule has 1 N–H and O–H groups in total. The van der Waals surface area contributed by atoms with Crippen LogP contribution in [0.1, 0.15) is 69.5 Å². The van der Waals surface area contributed by atoms with E-state index in [0.29, 0.717) is 12.1 Å². The van der Waals surface area contributed by atoms with E-state index in [1.807, 2.05) is 0 Å². The second kappa shape index (κ2) is 6.75. The Morgan fingerprint density at radius 2 is 1.90 bits per heavy atom. The minimum atomic E-state index is 0.602. The van der Waals surface area contributed by atoms with Crippen LogP contribution in [-0.4, -0.2) is 22.9 Å². The lowest BCUT2D eigenvalue weighted by atomic mass is 9.96. The van der Waals surface area contributed by atoms with Crippen LogP contribution in [-0.2, 0) is 6.42 Å². The third-order valence-electron chi connectivity index (χ3n) is 5.32. The van der Waals surface area contributed by atoms with Crippen LogP contribution in [0.15, 0.2) is 12.3 Å². The van der Waals surface area contributed by atoms with Gasteiger partial charge in [-0.05, 0) is 38.3 Å². The molecule has 112 valence electrons. The summed E-state index contributed by atoms with van der Waals surface area (Å²) in [4.78, 5) is 0. The summed E-state index contributed by atoms with van der Waals surface area (Å²) >= 11 is 0. The molecular formula is C17H29N3. The maximum Gasteiger partial charge on any atom is 0.0640 e. The Kier molecular flexibility index (Phi) is 4.77. The van der Waals surface area contributed by atoms with Gasteiger partial charge in [0.1, 0.15) is 0 Å². The van der Waals surface area contributed by atoms with Gasteiger partial charge in [0.05, 0.1) is 11.7 Å². The van der Waals surface area contributed by atoms with E-state index in [2.05, 4.69) is 29.3 Å². The largest absolute Gasteiger partial charge is 0.317 e. The van der Waals surface area contributed by atoms with Gasteiger partial charge in [-0.2, -0.15) is 5.10 Å². The summed E-state index contributed by atoms with van der Waals surface area (Å²) in [6.45, 7) is 0. The molecule has 3 nitrogen and oxygen atoms in total. The number of nitrogens with one attached hydrogen (secondary N) is 1. The minimum absolute atomic E-state index is 0.602. The Balaban J connectivity index is 1.54. The van der Waals surface area contributed by atoms with Crippen molar-refractivity contribution in [2.45, 2.75) is 76.3 Å². The van der Waals surface area contributed by atoms with Gasteiger partial charge in [0.2, 0.25) is 0 Å². The van der Waals surface area contributed by atoms with Gasteiger partial charge in [0, 0.05) is 18.7 Å². The lowest BCUT2D eigenvalue weighted by Crippen LogP contribution is -2.29. The molecule has 3 heteroatoms. The summed E-state index contributed by atoms with van der Waals surface area (Å²) < 4.78 is 2.23. The maximum absolute atomic E-state index is 4.83. The Morgan fingerprint density at radius 3 is 2.60 bits per heavy atom. The van der Waals surface area contributed by atoms with E-state index in [1.54, 1.807) is 0 Å². The molecule has 1 heterocycles. The van der Waals surface area contributed by atoms with Crippen LogP contribution in [0.2, 0.25) is 0 Å². The third-order valence-corrected chi connectivity index (χ3v) is 5.32. The lowest BCUT2D eigenvalue weighted by Gasteiger charge is -2.19. The molecule has 20 heavy (non-hydrogen) atoms.